The molecule has 2 bridgehead atoms. The summed E-state index contributed by atoms with van der Waals surface area (Å²) >= 11 is 0. The van der Waals surface area contributed by atoms with Gasteiger partial charge in [-0.1, -0.05) is 18.9 Å². The first-order valence-electron chi connectivity index (χ1n) is 13.4. The number of anilines is 1. The summed E-state index contributed by atoms with van der Waals surface area (Å²) in [5, 5.41) is 5.39. The van der Waals surface area contributed by atoms with Gasteiger partial charge in [-0.25, -0.2) is 0 Å². The first kappa shape index (κ1) is 24.7. The SMILES string of the molecule is O=C1CCC(N2Cc3c(cccc3N(CCC3CC3)C34CC(CNCCC(F)(F)F)(C3)C4)C2=O)C(=O)N1. The van der Waals surface area contributed by atoms with Crippen molar-refractivity contribution in [3.05, 3.63) is 29.3 Å². The first-order chi connectivity index (χ1) is 17.6. The Labute approximate surface area is 214 Å². The van der Waals surface area contributed by atoms with Crippen molar-refractivity contribution in [2.45, 2.75) is 82.1 Å². The summed E-state index contributed by atoms with van der Waals surface area (Å²) in [6.07, 6.45) is 2.03. The predicted molar refractivity (Wildman–Crippen MR) is 130 cm³/mol. The Bertz CT molecular complexity index is 1110. The fourth-order valence-electron chi connectivity index (χ4n) is 7.15. The minimum Gasteiger partial charge on any atom is -0.365 e. The van der Waals surface area contributed by atoms with Gasteiger partial charge < -0.3 is 15.1 Å². The number of imide groups is 1. The topological polar surface area (TPSA) is 81.8 Å². The summed E-state index contributed by atoms with van der Waals surface area (Å²) in [5.74, 6) is -0.144. The zero-order chi connectivity index (χ0) is 26.0. The van der Waals surface area contributed by atoms with Crippen LogP contribution in [-0.2, 0) is 16.1 Å². The number of benzene rings is 1. The van der Waals surface area contributed by atoms with Gasteiger partial charge in [0.05, 0.1) is 6.42 Å². The Balaban J connectivity index is 1.18. The van der Waals surface area contributed by atoms with Crippen molar-refractivity contribution in [2.75, 3.05) is 24.5 Å². The molecule has 7 nitrogen and oxygen atoms in total. The van der Waals surface area contributed by atoms with Crippen LogP contribution in [-0.4, -0.2) is 60.0 Å². The average molecular weight is 519 g/mol. The quantitative estimate of drug-likeness (QED) is 0.366. The number of nitrogens with one attached hydrogen (secondary N) is 2. The molecule has 0 radical (unpaired) electrons. The highest BCUT2D eigenvalue weighted by molar-refractivity contribution is 6.06. The molecule has 37 heavy (non-hydrogen) atoms. The van der Waals surface area contributed by atoms with Crippen LogP contribution in [0.2, 0.25) is 0 Å². The Kier molecular flexibility index (Phi) is 5.82. The summed E-state index contributed by atoms with van der Waals surface area (Å²) in [6, 6.07) is 5.15. The van der Waals surface area contributed by atoms with Gasteiger partial charge in [0, 0.05) is 55.0 Å². The van der Waals surface area contributed by atoms with E-state index in [0.29, 0.717) is 25.1 Å². The van der Waals surface area contributed by atoms with Gasteiger partial charge in [0.1, 0.15) is 6.04 Å². The van der Waals surface area contributed by atoms with Crippen LogP contribution in [0.25, 0.3) is 0 Å². The zero-order valence-corrected chi connectivity index (χ0v) is 20.8. The van der Waals surface area contributed by atoms with Gasteiger partial charge in [0.15, 0.2) is 0 Å². The second-order valence-electron chi connectivity index (χ2n) is 11.9. The molecule has 6 aliphatic rings. The average Bonchev–Trinajstić information content (AvgIpc) is 3.55. The number of alkyl halides is 3. The molecule has 10 heteroatoms. The molecule has 1 aromatic rings. The maximum absolute atomic E-state index is 13.3. The van der Waals surface area contributed by atoms with Crippen LogP contribution < -0.4 is 15.5 Å². The van der Waals surface area contributed by atoms with E-state index in [1.54, 1.807) is 4.90 Å². The predicted octanol–water partition coefficient (Wildman–Crippen LogP) is 3.52. The van der Waals surface area contributed by atoms with Crippen molar-refractivity contribution in [3.8, 4) is 0 Å². The second-order valence-corrected chi connectivity index (χ2v) is 11.9. The van der Waals surface area contributed by atoms with E-state index in [-0.39, 0.29) is 35.7 Å². The highest BCUT2D eigenvalue weighted by Gasteiger charge is 2.70. The van der Waals surface area contributed by atoms with Crippen molar-refractivity contribution >= 4 is 23.4 Å². The minimum atomic E-state index is -4.14. The molecule has 2 aliphatic heterocycles. The van der Waals surface area contributed by atoms with Gasteiger partial charge in [0.2, 0.25) is 11.8 Å². The lowest BCUT2D eigenvalue weighted by Gasteiger charge is -2.75. The highest BCUT2D eigenvalue weighted by Crippen LogP contribution is 2.70. The van der Waals surface area contributed by atoms with Crippen LogP contribution in [0.5, 0.6) is 0 Å². The monoisotopic (exact) mass is 518 g/mol. The molecule has 1 saturated heterocycles. The van der Waals surface area contributed by atoms with Crippen molar-refractivity contribution in [1.82, 2.24) is 15.5 Å². The third kappa shape index (κ3) is 4.51. The van der Waals surface area contributed by atoms with Gasteiger partial charge in [-0.3, -0.25) is 19.7 Å². The molecule has 0 spiro atoms. The summed E-state index contributed by atoms with van der Waals surface area (Å²) in [4.78, 5) is 41.5. The largest absolute Gasteiger partial charge is 0.390 e. The number of hydrogen-bond acceptors (Lipinski definition) is 5. The van der Waals surface area contributed by atoms with Crippen LogP contribution in [0.15, 0.2) is 18.2 Å². The first-order valence-corrected chi connectivity index (χ1v) is 13.4. The van der Waals surface area contributed by atoms with E-state index >= 15 is 0 Å². The van der Waals surface area contributed by atoms with Gasteiger partial charge in [0.25, 0.3) is 5.91 Å². The number of carbonyl (C=O) groups excluding carboxylic acids is 3. The number of rotatable bonds is 10. The van der Waals surface area contributed by atoms with E-state index in [9.17, 15) is 27.6 Å². The zero-order valence-electron chi connectivity index (χ0n) is 20.8. The Morgan fingerprint density at radius 1 is 1.11 bits per heavy atom. The number of piperidine rings is 1. The maximum Gasteiger partial charge on any atom is 0.390 e. The molecule has 7 rings (SSSR count). The number of amides is 3. The van der Waals surface area contributed by atoms with Crippen LogP contribution >= 0.6 is 0 Å². The minimum absolute atomic E-state index is 0.0131. The van der Waals surface area contributed by atoms with Crippen LogP contribution in [0.3, 0.4) is 0 Å². The van der Waals surface area contributed by atoms with Crippen molar-refractivity contribution < 1.29 is 27.6 Å². The Morgan fingerprint density at radius 3 is 2.54 bits per heavy atom. The van der Waals surface area contributed by atoms with Gasteiger partial charge in [-0.2, -0.15) is 13.2 Å². The van der Waals surface area contributed by atoms with E-state index in [1.807, 2.05) is 12.1 Å². The fraction of sp³-hybridized carbons (Fsp3) is 0.667. The lowest BCUT2D eigenvalue weighted by atomic mass is 9.38. The molecule has 4 aliphatic carbocycles. The highest BCUT2D eigenvalue weighted by atomic mass is 19.4. The molecule has 3 amide bonds. The Hall–Kier alpha value is -2.62. The number of nitrogens with zero attached hydrogens (tertiary/aromatic N) is 2. The van der Waals surface area contributed by atoms with Crippen molar-refractivity contribution in [2.24, 2.45) is 11.3 Å². The lowest BCUT2D eigenvalue weighted by molar-refractivity contribution is -0.142. The molecular weight excluding hydrogens is 485 g/mol. The maximum atomic E-state index is 13.3. The van der Waals surface area contributed by atoms with E-state index in [2.05, 4.69) is 21.6 Å². The van der Waals surface area contributed by atoms with Crippen LogP contribution in [0.1, 0.15) is 73.7 Å². The molecule has 4 saturated carbocycles. The van der Waals surface area contributed by atoms with Crippen molar-refractivity contribution in [1.29, 1.82) is 0 Å². The fourth-order valence-corrected chi connectivity index (χ4v) is 7.15. The molecule has 5 fully saturated rings. The molecule has 0 aromatic heterocycles. The number of fused-ring (bicyclic) bond motifs is 1. The van der Waals surface area contributed by atoms with E-state index in [1.165, 1.54) is 12.8 Å². The third-order valence-corrected chi connectivity index (χ3v) is 9.08. The number of halogens is 3. The number of hydrogen-bond donors (Lipinski definition) is 2. The van der Waals surface area contributed by atoms with E-state index in [4.69, 9.17) is 0 Å². The van der Waals surface area contributed by atoms with E-state index in [0.717, 1.165) is 49.4 Å². The molecule has 2 N–H and O–H groups in total. The van der Waals surface area contributed by atoms with Gasteiger partial charge in [-0.05, 0) is 55.6 Å². The standard InChI is InChI=1S/C27H33F3N4O3/c28-27(29,30)9-10-31-16-25-13-26(14-25,15-25)34(11-8-17-4-5-17)20-3-1-2-18-19(20)12-33(24(18)37)21-6-7-22(35)32-23(21)36/h1-3,17,21,31H,4-16H2,(H,32,35,36). The summed E-state index contributed by atoms with van der Waals surface area (Å²) in [5.41, 5.74) is 2.65. The lowest BCUT2D eigenvalue weighted by Crippen LogP contribution is -2.77. The van der Waals surface area contributed by atoms with Gasteiger partial charge >= 0.3 is 6.18 Å². The number of carbonyl (C=O) groups is 3. The molecule has 1 unspecified atom stereocenters. The normalized spacial score (nSPS) is 30.5. The summed E-state index contributed by atoms with van der Waals surface area (Å²) in [6.45, 7) is 1.80. The molecular formula is C27H33F3N4O3. The second kappa shape index (κ2) is 8.71. The molecule has 2 heterocycles. The van der Waals surface area contributed by atoms with E-state index < -0.39 is 24.5 Å². The molecule has 1 aromatic carbocycles. The Morgan fingerprint density at radius 2 is 1.86 bits per heavy atom. The molecule has 200 valence electrons. The van der Waals surface area contributed by atoms with Crippen LogP contribution in [0.4, 0.5) is 18.9 Å². The smallest absolute Gasteiger partial charge is 0.365 e. The third-order valence-electron chi connectivity index (χ3n) is 9.08. The molecule has 1 atom stereocenters. The van der Waals surface area contributed by atoms with Gasteiger partial charge in [-0.15, -0.1) is 0 Å². The summed E-state index contributed by atoms with van der Waals surface area (Å²) in [7, 11) is 0. The van der Waals surface area contributed by atoms with Crippen molar-refractivity contribution in [3.63, 3.8) is 0 Å². The van der Waals surface area contributed by atoms with Crippen LogP contribution in [0, 0.1) is 11.3 Å². The summed E-state index contributed by atoms with van der Waals surface area (Å²) < 4.78 is 37.5.